The highest BCUT2D eigenvalue weighted by Gasteiger charge is 2.14. The second kappa shape index (κ2) is 9.99. The molecule has 4 aromatic rings. The highest BCUT2D eigenvalue weighted by molar-refractivity contribution is 5.78. The standard InChI is InChI=1S/C26H25N3O4/c1-28(25(30)16-29-18-27-22-11-7-6-10-21(22)26(29)31)15-20-12-13-23(24(14-20)32-2)33-17-19-8-4-3-5-9-19/h3-14,18H,15-17H2,1-2H3. The van der Waals surface area contributed by atoms with Gasteiger partial charge in [0, 0.05) is 13.6 Å². The lowest BCUT2D eigenvalue weighted by Crippen LogP contribution is -2.33. The van der Waals surface area contributed by atoms with Gasteiger partial charge in [-0.1, -0.05) is 48.5 Å². The Bertz CT molecular complexity index is 1320. The Balaban J connectivity index is 1.42. The Labute approximate surface area is 191 Å². The van der Waals surface area contributed by atoms with Crippen molar-refractivity contribution in [3.63, 3.8) is 0 Å². The van der Waals surface area contributed by atoms with Gasteiger partial charge in [0.25, 0.3) is 5.56 Å². The van der Waals surface area contributed by atoms with Crippen LogP contribution in [0.5, 0.6) is 11.5 Å². The molecule has 0 radical (unpaired) electrons. The number of methoxy groups -OCH3 is 1. The quantitative estimate of drug-likeness (QED) is 0.416. The van der Waals surface area contributed by atoms with E-state index in [1.807, 2.05) is 54.6 Å². The lowest BCUT2D eigenvalue weighted by Gasteiger charge is -2.19. The highest BCUT2D eigenvalue weighted by atomic mass is 16.5. The van der Waals surface area contributed by atoms with Gasteiger partial charge in [-0.25, -0.2) is 4.98 Å². The van der Waals surface area contributed by atoms with Crippen molar-refractivity contribution < 1.29 is 14.3 Å². The number of para-hydroxylation sites is 1. The van der Waals surface area contributed by atoms with E-state index in [4.69, 9.17) is 9.47 Å². The molecule has 0 aliphatic heterocycles. The van der Waals surface area contributed by atoms with Crippen LogP contribution in [0.2, 0.25) is 0 Å². The number of ether oxygens (including phenoxy) is 2. The lowest BCUT2D eigenvalue weighted by atomic mass is 10.2. The van der Waals surface area contributed by atoms with Gasteiger partial charge < -0.3 is 14.4 Å². The number of carbonyl (C=O) groups excluding carboxylic acids is 1. The molecule has 7 heteroatoms. The van der Waals surface area contributed by atoms with E-state index in [0.717, 1.165) is 11.1 Å². The van der Waals surface area contributed by atoms with Crippen molar-refractivity contribution in [1.29, 1.82) is 0 Å². The molecule has 0 saturated heterocycles. The second-order valence-corrected chi connectivity index (χ2v) is 7.70. The Morgan fingerprint density at radius 3 is 2.52 bits per heavy atom. The van der Waals surface area contributed by atoms with Gasteiger partial charge in [0.2, 0.25) is 5.91 Å². The summed E-state index contributed by atoms with van der Waals surface area (Å²) >= 11 is 0. The minimum Gasteiger partial charge on any atom is -0.493 e. The molecule has 7 nitrogen and oxygen atoms in total. The van der Waals surface area contributed by atoms with E-state index in [0.29, 0.717) is 35.6 Å². The van der Waals surface area contributed by atoms with E-state index in [1.165, 1.54) is 10.9 Å². The number of hydrogen-bond donors (Lipinski definition) is 0. The number of hydrogen-bond acceptors (Lipinski definition) is 5. The van der Waals surface area contributed by atoms with E-state index in [9.17, 15) is 9.59 Å². The van der Waals surface area contributed by atoms with Crippen molar-refractivity contribution in [2.24, 2.45) is 0 Å². The average molecular weight is 444 g/mol. The van der Waals surface area contributed by atoms with Gasteiger partial charge in [-0.2, -0.15) is 0 Å². The maximum Gasteiger partial charge on any atom is 0.261 e. The lowest BCUT2D eigenvalue weighted by molar-refractivity contribution is -0.131. The summed E-state index contributed by atoms with van der Waals surface area (Å²) in [7, 11) is 3.29. The molecule has 3 aromatic carbocycles. The fourth-order valence-electron chi connectivity index (χ4n) is 3.51. The summed E-state index contributed by atoms with van der Waals surface area (Å²) in [6.07, 6.45) is 1.41. The molecule has 0 N–H and O–H groups in total. The van der Waals surface area contributed by atoms with Gasteiger partial charge in [-0.15, -0.1) is 0 Å². The monoisotopic (exact) mass is 443 g/mol. The summed E-state index contributed by atoms with van der Waals surface area (Å²) in [4.78, 5) is 31.3. The normalized spacial score (nSPS) is 10.7. The van der Waals surface area contributed by atoms with Crippen LogP contribution in [0, 0.1) is 0 Å². The number of aromatic nitrogens is 2. The van der Waals surface area contributed by atoms with E-state index in [1.54, 1.807) is 37.3 Å². The van der Waals surface area contributed by atoms with Crippen molar-refractivity contribution in [3.8, 4) is 11.5 Å². The first-order valence-electron chi connectivity index (χ1n) is 10.6. The average Bonchev–Trinajstić information content (AvgIpc) is 2.85. The highest BCUT2D eigenvalue weighted by Crippen LogP contribution is 2.29. The van der Waals surface area contributed by atoms with Crippen LogP contribution in [0.4, 0.5) is 0 Å². The van der Waals surface area contributed by atoms with Crippen LogP contribution in [-0.2, 0) is 24.5 Å². The van der Waals surface area contributed by atoms with Crippen molar-refractivity contribution in [3.05, 3.63) is 101 Å². The molecule has 1 amide bonds. The van der Waals surface area contributed by atoms with Crippen LogP contribution in [-0.4, -0.2) is 34.5 Å². The predicted molar refractivity (Wildman–Crippen MR) is 126 cm³/mol. The minimum atomic E-state index is -0.232. The molecule has 0 atom stereocenters. The molecule has 0 aliphatic rings. The van der Waals surface area contributed by atoms with E-state index in [-0.39, 0.29) is 18.0 Å². The summed E-state index contributed by atoms with van der Waals surface area (Å²) in [5, 5.41) is 0.492. The van der Waals surface area contributed by atoms with Crippen LogP contribution in [0.3, 0.4) is 0 Å². The summed E-state index contributed by atoms with van der Waals surface area (Å²) in [5.41, 5.74) is 2.33. The molecule has 0 unspecified atom stereocenters. The SMILES string of the molecule is COc1cc(CN(C)C(=O)Cn2cnc3ccccc3c2=O)ccc1OCc1ccccc1. The third kappa shape index (κ3) is 5.20. The number of carbonyl (C=O) groups is 1. The molecular formula is C26H25N3O4. The summed E-state index contributed by atoms with van der Waals surface area (Å²) < 4.78 is 12.7. The number of fused-ring (bicyclic) bond motifs is 1. The van der Waals surface area contributed by atoms with Gasteiger partial charge in [-0.05, 0) is 35.4 Å². The third-order valence-corrected chi connectivity index (χ3v) is 5.35. The molecular weight excluding hydrogens is 418 g/mol. The topological polar surface area (TPSA) is 73.7 Å². The number of benzene rings is 3. The fraction of sp³-hybridized carbons (Fsp3) is 0.192. The Morgan fingerprint density at radius 1 is 0.970 bits per heavy atom. The van der Waals surface area contributed by atoms with E-state index < -0.39 is 0 Å². The smallest absolute Gasteiger partial charge is 0.261 e. The molecule has 0 spiro atoms. The number of amides is 1. The van der Waals surface area contributed by atoms with Gasteiger partial charge in [-0.3, -0.25) is 14.2 Å². The summed E-state index contributed by atoms with van der Waals surface area (Å²) in [6.45, 7) is 0.718. The van der Waals surface area contributed by atoms with Gasteiger partial charge in [0.15, 0.2) is 11.5 Å². The molecule has 0 fully saturated rings. The van der Waals surface area contributed by atoms with Crippen LogP contribution < -0.4 is 15.0 Å². The number of likely N-dealkylation sites (N-methyl/N-ethyl adjacent to an activating group) is 1. The largest absolute Gasteiger partial charge is 0.493 e. The summed E-state index contributed by atoms with van der Waals surface area (Å²) in [6, 6.07) is 22.6. The van der Waals surface area contributed by atoms with E-state index >= 15 is 0 Å². The van der Waals surface area contributed by atoms with Crippen LogP contribution >= 0.6 is 0 Å². The fourth-order valence-corrected chi connectivity index (χ4v) is 3.51. The molecule has 0 bridgehead atoms. The van der Waals surface area contributed by atoms with Crippen LogP contribution in [0.15, 0.2) is 83.9 Å². The van der Waals surface area contributed by atoms with Crippen LogP contribution in [0.1, 0.15) is 11.1 Å². The number of rotatable bonds is 8. The van der Waals surface area contributed by atoms with Crippen molar-refractivity contribution in [2.45, 2.75) is 19.7 Å². The maximum atomic E-state index is 12.8. The van der Waals surface area contributed by atoms with E-state index in [2.05, 4.69) is 4.98 Å². The Morgan fingerprint density at radius 2 is 1.73 bits per heavy atom. The first-order chi connectivity index (χ1) is 16.0. The molecule has 33 heavy (non-hydrogen) atoms. The molecule has 168 valence electrons. The zero-order valence-corrected chi connectivity index (χ0v) is 18.6. The Kier molecular flexibility index (Phi) is 6.69. The number of nitrogens with zero attached hydrogens (tertiary/aromatic N) is 3. The zero-order valence-electron chi connectivity index (χ0n) is 18.6. The molecule has 0 aliphatic carbocycles. The van der Waals surface area contributed by atoms with Crippen LogP contribution in [0.25, 0.3) is 10.9 Å². The van der Waals surface area contributed by atoms with Crippen molar-refractivity contribution >= 4 is 16.8 Å². The summed E-state index contributed by atoms with van der Waals surface area (Å²) in [5.74, 6) is 1.03. The molecule has 1 heterocycles. The molecule has 4 rings (SSSR count). The predicted octanol–water partition coefficient (Wildman–Crippen LogP) is 3.64. The third-order valence-electron chi connectivity index (χ3n) is 5.35. The van der Waals surface area contributed by atoms with Gasteiger partial charge in [0.1, 0.15) is 13.2 Å². The molecule has 1 aromatic heterocycles. The van der Waals surface area contributed by atoms with Gasteiger partial charge in [0.05, 0.1) is 24.3 Å². The zero-order chi connectivity index (χ0) is 23.2. The first-order valence-corrected chi connectivity index (χ1v) is 10.6. The van der Waals surface area contributed by atoms with Crippen molar-refractivity contribution in [2.75, 3.05) is 14.2 Å². The molecule has 0 saturated carbocycles. The second-order valence-electron chi connectivity index (χ2n) is 7.70. The van der Waals surface area contributed by atoms with Gasteiger partial charge >= 0.3 is 0 Å². The maximum absolute atomic E-state index is 12.8. The minimum absolute atomic E-state index is 0.0808. The Hall–Kier alpha value is -4.13. The first kappa shape index (κ1) is 22.1. The van der Waals surface area contributed by atoms with Crippen molar-refractivity contribution in [1.82, 2.24) is 14.5 Å².